The van der Waals surface area contributed by atoms with Gasteiger partial charge in [0.15, 0.2) is 0 Å². The van der Waals surface area contributed by atoms with Crippen molar-refractivity contribution in [3.05, 3.63) is 34.2 Å². The molecule has 0 N–H and O–H groups in total. The summed E-state index contributed by atoms with van der Waals surface area (Å²) in [7, 11) is 0. The molecule has 0 fully saturated rings. The number of nitroso groups, excluding NO2 is 1. The van der Waals surface area contributed by atoms with Gasteiger partial charge in [-0.15, -0.1) is 4.91 Å². The third-order valence-corrected chi connectivity index (χ3v) is 1.66. The summed E-state index contributed by atoms with van der Waals surface area (Å²) in [5.41, 5.74) is 1.48. The zero-order valence-electron chi connectivity index (χ0n) is 6.17. The van der Waals surface area contributed by atoms with E-state index in [0.717, 1.165) is 0 Å². The summed E-state index contributed by atoms with van der Waals surface area (Å²) in [5.74, 6) is 0. The molecule has 0 aliphatic rings. The van der Waals surface area contributed by atoms with E-state index in [-0.39, 0.29) is 0 Å². The molecule has 58 valence electrons. The molecular weight excluding hydrogens is 145 g/mol. The fourth-order valence-electron chi connectivity index (χ4n) is 0.914. The van der Waals surface area contributed by atoms with Crippen molar-refractivity contribution < 1.29 is 4.39 Å². The highest BCUT2D eigenvalue weighted by Gasteiger charge is 2.02. The average molecular weight is 153 g/mol. The van der Waals surface area contributed by atoms with Gasteiger partial charge in [-0.3, -0.25) is 0 Å². The third-order valence-electron chi connectivity index (χ3n) is 1.66. The van der Waals surface area contributed by atoms with Crippen LogP contribution in [0.25, 0.3) is 0 Å². The molecule has 0 unspecified atom stereocenters. The van der Waals surface area contributed by atoms with Crippen LogP contribution in [0.3, 0.4) is 0 Å². The molecule has 0 radical (unpaired) electrons. The number of hydrogen-bond acceptors (Lipinski definition) is 2. The molecule has 1 aromatic carbocycles. The van der Waals surface area contributed by atoms with Gasteiger partial charge in [-0.25, -0.2) is 4.39 Å². The molecule has 0 heterocycles. The molecule has 3 heteroatoms. The van der Waals surface area contributed by atoms with Crippen LogP contribution in [-0.2, 0) is 6.67 Å². The van der Waals surface area contributed by atoms with Gasteiger partial charge in [0.25, 0.3) is 0 Å². The fraction of sp³-hybridized carbons (Fsp3) is 0.250. The normalized spacial score (nSPS) is 9.64. The maximum absolute atomic E-state index is 12.2. The zero-order chi connectivity index (χ0) is 8.27. The van der Waals surface area contributed by atoms with Crippen LogP contribution >= 0.6 is 0 Å². The first-order chi connectivity index (χ1) is 5.29. The molecule has 0 saturated heterocycles. The molecular formula is C8H8FNO. The van der Waals surface area contributed by atoms with Crippen LogP contribution < -0.4 is 0 Å². The number of hydrogen-bond donors (Lipinski definition) is 0. The number of benzene rings is 1. The average Bonchev–Trinajstić information content (AvgIpc) is 2.05. The van der Waals surface area contributed by atoms with Crippen LogP contribution in [0.15, 0.2) is 23.4 Å². The maximum atomic E-state index is 12.2. The SMILES string of the molecule is Cc1c(CF)cccc1N=O. The van der Waals surface area contributed by atoms with E-state index in [1.807, 2.05) is 0 Å². The molecule has 0 atom stereocenters. The van der Waals surface area contributed by atoms with E-state index in [9.17, 15) is 9.30 Å². The van der Waals surface area contributed by atoms with Gasteiger partial charge >= 0.3 is 0 Å². The lowest BCUT2D eigenvalue weighted by Gasteiger charge is -2.00. The summed E-state index contributed by atoms with van der Waals surface area (Å²) >= 11 is 0. The molecule has 0 aliphatic heterocycles. The standard InChI is InChI=1S/C8H8FNO/c1-6-7(5-9)3-2-4-8(6)10-11/h2-4H,5H2,1H3. The van der Waals surface area contributed by atoms with Crippen LogP contribution in [0.1, 0.15) is 11.1 Å². The van der Waals surface area contributed by atoms with E-state index < -0.39 is 6.67 Å². The maximum Gasteiger partial charge on any atom is 0.115 e. The monoisotopic (exact) mass is 153 g/mol. The van der Waals surface area contributed by atoms with Gasteiger partial charge in [0.2, 0.25) is 0 Å². The van der Waals surface area contributed by atoms with E-state index in [1.165, 1.54) is 0 Å². The first-order valence-electron chi connectivity index (χ1n) is 3.27. The minimum atomic E-state index is -0.546. The lowest BCUT2D eigenvalue weighted by molar-refractivity contribution is 0.484. The van der Waals surface area contributed by atoms with Gasteiger partial charge in [-0.1, -0.05) is 12.1 Å². The van der Waals surface area contributed by atoms with Crippen LogP contribution in [0.5, 0.6) is 0 Å². The number of halogens is 1. The van der Waals surface area contributed by atoms with Crippen molar-refractivity contribution in [2.45, 2.75) is 13.6 Å². The Kier molecular flexibility index (Phi) is 2.31. The Bertz CT molecular complexity index is 273. The second kappa shape index (κ2) is 3.23. The summed E-state index contributed by atoms with van der Waals surface area (Å²) in [6.45, 7) is 1.14. The predicted octanol–water partition coefficient (Wildman–Crippen LogP) is 2.86. The van der Waals surface area contributed by atoms with Crippen molar-refractivity contribution in [2.24, 2.45) is 5.18 Å². The summed E-state index contributed by atoms with van der Waals surface area (Å²) < 4.78 is 12.2. The molecule has 0 aromatic heterocycles. The highest BCUT2D eigenvalue weighted by molar-refractivity contribution is 5.48. The smallest absolute Gasteiger partial charge is 0.115 e. The Balaban J connectivity index is 3.20. The van der Waals surface area contributed by atoms with Crippen molar-refractivity contribution in [3.8, 4) is 0 Å². The van der Waals surface area contributed by atoms with E-state index >= 15 is 0 Å². The van der Waals surface area contributed by atoms with E-state index in [1.54, 1.807) is 25.1 Å². The second-order valence-corrected chi connectivity index (χ2v) is 2.29. The zero-order valence-corrected chi connectivity index (χ0v) is 6.17. The second-order valence-electron chi connectivity index (χ2n) is 2.29. The lowest BCUT2D eigenvalue weighted by Crippen LogP contribution is -1.83. The molecule has 0 saturated carbocycles. The van der Waals surface area contributed by atoms with Gasteiger partial charge in [-0.2, -0.15) is 0 Å². The Morgan fingerprint density at radius 2 is 2.27 bits per heavy atom. The summed E-state index contributed by atoms with van der Waals surface area (Å²) in [5, 5.41) is 2.76. The van der Waals surface area contributed by atoms with Crippen molar-refractivity contribution in [3.63, 3.8) is 0 Å². The van der Waals surface area contributed by atoms with Crippen LogP contribution in [-0.4, -0.2) is 0 Å². The Hall–Kier alpha value is -1.25. The van der Waals surface area contributed by atoms with Gasteiger partial charge in [0, 0.05) is 0 Å². The quantitative estimate of drug-likeness (QED) is 0.600. The highest BCUT2D eigenvalue weighted by atomic mass is 19.1. The molecule has 0 bridgehead atoms. The molecule has 1 rings (SSSR count). The Morgan fingerprint density at radius 1 is 1.55 bits per heavy atom. The van der Waals surface area contributed by atoms with Crippen molar-refractivity contribution >= 4 is 5.69 Å². The highest BCUT2D eigenvalue weighted by Crippen LogP contribution is 2.21. The van der Waals surface area contributed by atoms with Gasteiger partial charge < -0.3 is 0 Å². The third kappa shape index (κ3) is 1.42. The lowest BCUT2D eigenvalue weighted by atomic mass is 10.1. The van der Waals surface area contributed by atoms with Gasteiger partial charge in [0.05, 0.1) is 0 Å². The molecule has 2 nitrogen and oxygen atoms in total. The Labute approximate surface area is 64.0 Å². The molecule has 1 aromatic rings. The minimum Gasteiger partial charge on any atom is -0.246 e. The Morgan fingerprint density at radius 3 is 2.82 bits per heavy atom. The van der Waals surface area contributed by atoms with Gasteiger partial charge in [-0.05, 0) is 29.3 Å². The van der Waals surface area contributed by atoms with E-state index in [0.29, 0.717) is 16.8 Å². The van der Waals surface area contributed by atoms with Crippen LogP contribution in [0.2, 0.25) is 0 Å². The summed E-state index contributed by atoms with van der Waals surface area (Å²) in [6, 6.07) is 4.84. The van der Waals surface area contributed by atoms with Crippen molar-refractivity contribution in [1.82, 2.24) is 0 Å². The van der Waals surface area contributed by atoms with Crippen molar-refractivity contribution in [1.29, 1.82) is 0 Å². The first kappa shape index (κ1) is 7.85. The topological polar surface area (TPSA) is 29.4 Å². The summed E-state index contributed by atoms with van der Waals surface area (Å²) in [4.78, 5) is 10.1. The van der Waals surface area contributed by atoms with E-state index in [2.05, 4.69) is 5.18 Å². The van der Waals surface area contributed by atoms with Crippen molar-refractivity contribution in [2.75, 3.05) is 0 Å². The summed E-state index contributed by atoms with van der Waals surface area (Å²) in [6.07, 6.45) is 0. The molecule has 11 heavy (non-hydrogen) atoms. The fourth-order valence-corrected chi connectivity index (χ4v) is 0.914. The van der Waals surface area contributed by atoms with Gasteiger partial charge in [0.1, 0.15) is 12.4 Å². The number of alkyl halides is 1. The van der Waals surface area contributed by atoms with E-state index in [4.69, 9.17) is 0 Å². The molecule has 0 spiro atoms. The predicted molar refractivity (Wildman–Crippen MR) is 41.4 cm³/mol. The molecule has 0 amide bonds. The largest absolute Gasteiger partial charge is 0.246 e. The van der Waals surface area contributed by atoms with Crippen LogP contribution in [0.4, 0.5) is 10.1 Å². The first-order valence-corrected chi connectivity index (χ1v) is 3.27. The van der Waals surface area contributed by atoms with Crippen LogP contribution in [0, 0.1) is 11.8 Å². The minimum absolute atomic E-state index is 0.320. The number of nitrogens with zero attached hydrogens (tertiary/aromatic N) is 1. The number of rotatable bonds is 2. The molecule has 0 aliphatic carbocycles.